The molecule has 1 aromatic rings. The van der Waals surface area contributed by atoms with Crippen molar-refractivity contribution >= 4 is 5.97 Å². The first-order chi connectivity index (χ1) is 7.49. The average molecular weight is 228 g/mol. The number of hydrogen-bond donors (Lipinski definition) is 1. The number of aliphatic carboxylic acids is 1. The molecule has 4 heteroatoms. The van der Waals surface area contributed by atoms with E-state index < -0.39 is 23.5 Å². The van der Waals surface area contributed by atoms with Crippen LogP contribution in [-0.4, -0.2) is 11.1 Å². The average Bonchev–Trinajstić information content (AvgIpc) is 2.22. The van der Waals surface area contributed by atoms with Crippen molar-refractivity contribution in [2.24, 2.45) is 0 Å². The van der Waals surface area contributed by atoms with E-state index in [9.17, 15) is 13.6 Å². The molecule has 0 aliphatic rings. The number of aryl methyl sites for hydroxylation is 1. The molecule has 1 N–H and O–H groups in total. The molecule has 88 valence electrons. The second kappa shape index (κ2) is 5.05. The maximum absolute atomic E-state index is 13.7. The van der Waals surface area contributed by atoms with Gasteiger partial charge in [-0.25, -0.2) is 8.78 Å². The number of halogens is 2. The minimum Gasteiger partial charge on any atom is -0.481 e. The van der Waals surface area contributed by atoms with Crippen molar-refractivity contribution in [2.45, 2.75) is 32.6 Å². The lowest BCUT2D eigenvalue weighted by molar-refractivity contribution is -0.139. The number of carbonyl (C=O) groups is 1. The van der Waals surface area contributed by atoms with Crippen LogP contribution in [0.25, 0.3) is 0 Å². The number of carboxylic acid groups (broad SMARTS) is 1. The van der Waals surface area contributed by atoms with Crippen molar-refractivity contribution in [3.05, 3.63) is 34.9 Å². The highest BCUT2D eigenvalue weighted by Crippen LogP contribution is 2.28. The fraction of sp³-hybridized carbons (Fsp3) is 0.417. The van der Waals surface area contributed by atoms with Gasteiger partial charge in [0.1, 0.15) is 11.6 Å². The van der Waals surface area contributed by atoms with Crippen LogP contribution < -0.4 is 0 Å². The first-order valence-electron chi connectivity index (χ1n) is 5.16. The van der Waals surface area contributed by atoms with Crippen molar-refractivity contribution in [1.29, 1.82) is 0 Å². The zero-order valence-corrected chi connectivity index (χ0v) is 9.26. The Bertz CT molecular complexity index is 402. The van der Waals surface area contributed by atoms with Gasteiger partial charge in [0.25, 0.3) is 0 Å². The van der Waals surface area contributed by atoms with Gasteiger partial charge in [0, 0.05) is 5.56 Å². The van der Waals surface area contributed by atoms with E-state index in [1.807, 2.05) is 0 Å². The molecule has 0 saturated heterocycles. The predicted molar refractivity (Wildman–Crippen MR) is 56.4 cm³/mol. The molecule has 0 radical (unpaired) electrons. The molecular formula is C12H14F2O2. The Morgan fingerprint density at radius 2 is 2.06 bits per heavy atom. The highest BCUT2D eigenvalue weighted by molar-refractivity contribution is 5.76. The van der Waals surface area contributed by atoms with E-state index in [0.717, 1.165) is 6.07 Å². The largest absolute Gasteiger partial charge is 0.481 e. The zero-order valence-electron chi connectivity index (χ0n) is 9.26. The van der Waals surface area contributed by atoms with E-state index in [1.54, 1.807) is 6.92 Å². The van der Waals surface area contributed by atoms with Crippen molar-refractivity contribution in [1.82, 2.24) is 0 Å². The van der Waals surface area contributed by atoms with Gasteiger partial charge in [0.05, 0.1) is 5.92 Å². The lowest BCUT2D eigenvalue weighted by Gasteiger charge is -2.14. The van der Waals surface area contributed by atoms with Crippen LogP contribution in [0.5, 0.6) is 0 Å². The predicted octanol–water partition coefficient (Wildman–Crippen LogP) is 3.24. The molecule has 0 bridgehead atoms. The summed E-state index contributed by atoms with van der Waals surface area (Å²) in [5.74, 6) is -3.83. The number of carboxylic acids is 1. The van der Waals surface area contributed by atoms with E-state index in [0.29, 0.717) is 6.42 Å². The third-order valence-electron chi connectivity index (χ3n) is 2.54. The molecule has 0 aliphatic carbocycles. The Kier molecular flexibility index (Phi) is 3.99. The molecule has 0 aliphatic heterocycles. The summed E-state index contributed by atoms with van der Waals surface area (Å²) in [6, 6.07) is 2.42. The Morgan fingerprint density at radius 1 is 1.44 bits per heavy atom. The van der Waals surface area contributed by atoms with E-state index >= 15 is 0 Å². The highest BCUT2D eigenvalue weighted by atomic mass is 19.1. The fourth-order valence-electron chi connectivity index (χ4n) is 1.68. The Labute approximate surface area is 92.9 Å². The number of hydrogen-bond acceptors (Lipinski definition) is 1. The van der Waals surface area contributed by atoms with Gasteiger partial charge < -0.3 is 5.11 Å². The topological polar surface area (TPSA) is 37.3 Å². The van der Waals surface area contributed by atoms with E-state index in [-0.39, 0.29) is 17.5 Å². The van der Waals surface area contributed by atoms with Gasteiger partial charge in [-0.2, -0.15) is 0 Å². The van der Waals surface area contributed by atoms with Gasteiger partial charge in [-0.1, -0.05) is 19.4 Å². The van der Waals surface area contributed by atoms with Crippen molar-refractivity contribution in [3.8, 4) is 0 Å². The molecule has 1 unspecified atom stereocenters. The Morgan fingerprint density at radius 3 is 2.56 bits per heavy atom. The summed E-state index contributed by atoms with van der Waals surface area (Å²) < 4.78 is 27.2. The van der Waals surface area contributed by atoms with E-state index in [4.69, 9.17) is 5.11 Å². The van der Waals surface area contributed by atoms with Gasteiger partial charge in [0.15, 0.2) is 0 Å². The summed E-state index contributed by atoms with van der Waals surface area (Å²) in [6.45, 7) is 3.27. The second-order valence-electron chi connectivity index (χ2n) is 3.77. The lowest BCUT2D eigenvalue weighted by Crippen LogP contribution is -2.15. The summed E-state index contributed by atoms with van der Waals surface area (Å²) in [5.41, 5.74) is -0.0619. The van der Waals surface area contributed by atoms with Gasteiger partial charge in [-0.05, 0) is 25.0 Å². The Hall–Kier alpha value is -1.45. The molecule has 0 heterocycles. The van der Waals surface area contributed by atoms with Crippen LogP contribution in [0.3, 0.4) is 0 Å². The van der Waals surface area contributed by atoms with Crippen LogP contribution in [0.15, 0.2) is 12.1 Å². The molecule has 2 nitrogen and oxygen atoms in total. The smallest absolute Gasteiger partial charge is 0.311 e. The third kappa shape index (κ3) is 2.38. The van der Waals surface area contributed by atoms with E-state index in [2.05, 4.69) is 0 Å². The van der Waals surface area contributed by atoms with Gasteiger partial charge in [-0.15, -0.1) is 0 Å². The van der Waals surface area contributed by atoms with Gasteiger partial charge >= 0.3 is 5.97 Å². The quantitative estimate of drug-likeness (QED) is 0.858. The molecule has 16 heavy (non-hydrogen) atoms. The summed E-state index contributed by atoms with van der Waals surface area (Å²) in [4.78, 5) is 11.0. The van der Waals surface area contributed by atoms with Crippen LogP contribution in [0.2, 0.25) is 0 Å². The maximum Gasteiger partial charge on any atom is 0.311 e. The van der Waals surface area contributed by atoms with Crippen LogP contribution in [0.4, 0.5) is 8.78 Å². The summed E-state index contributed by atoms with van der Waals surface area (Å²) in [6.07, 6.45) is 0.788. The summed E-state index contributed by atoms with van der Waals surface area (Å²) in [5, 5.41) is 8.96. The van der Waals surface area contributed by atoms with Crippen molar-refractivity contribution < 1.29 is 18.7 Å². The monoisotopic (exact) mass is 228 g/mol. The standard InChI is InChI=1S/C12H14F2O2/c1-3-4-8(12(15)16)10-9(13)6-5-7(2)11(10)14/h5-6,8H,3-4H2,1-2H3,(H,15,16). The number of rotatable bonds is 4. The third-order valence-corrected chi connectivity index (χ3v) is 2.54. The summed E-state index contributed by atoms with van der Waals surface area (Å²) in [7, 11) is 0. The number of benzene rings is 1. The second-order valence-corrected chi connectivity index (χ2v) is 3.77. The van der Waals surface area contributed by atoms with Gasteiger partial charge in [-0.3, -0.25) is 4.79 Å². The van der Waals surface area contributed by atoms with Crippen LogP contribution in [0, 0.1) is 18.6 Å². The van der Waals surface area contributed by atoms with Crippen LogP contribution in [0.1, 0.15) is 36.8 Å². The van der Waals surface area contributed by atoms with Crippen molar-refractivity contribution in [2.75, 3.05) is 0 Å². The molecule has 0 amide bonds. The minimum absolute atomic E-state index is 0.229. The molecule has 0 saturated carbocycles. The normalized spacial score (nSPS) is 12.5. The molecule has 0 aromatic heterocycles. The molecule has 1 rings (SSSR count). The maximum atomic E-state index is 13.7. The molecule has 0 spiro atoms. The van der Waals surface area contributed by atoms with Crippen LogP contribution >= 0.6 is 0 Å². The zero-order chi connectivity index (χ0) is 12.3. The van der Waals surface area contributed by atoms with Gasteiger partial charge in [0.2, 0.25) is 0 Å². The summed E-state index contributed by atoms with van der Waals surface area (Å²) >= 11 is 0. The first kappa shape index (κ1) is 12.6. The first-order valence-corrected chi connectivity index (χ1v) is 5.16. The Balaban J connectivity index is 3.28. The SMILES string of the molecule is CCCC(C(=O)O)c1c(F)ccc(C)c1F. The minimum atomic E-state index is -1.19. The molecular weight excluding hydrogens is 214 g/mol. The molecule has 1 aromatic carbocycles. The van der Waals surface area contributed by atoms with E-state index in [1.165, 1.54) is 13.0 Å². The fourth-order valence-corrected chi connectivity index (χ4v) is 1.68. The highest BCUT2D eigenvalue weighted by Gasteiger charge is 2.26. The van der Waals surface area contributed by atoms with Crippen LogP contribution in [-0.2, 0) is 4.79 Å². The molecule has 0 fully saturated rings. The molecule has 1 atom stereocenters. The van der Waals surface area contributed by atoms with Crippen molar-refractivity contribution in [3.63, 3.8) is 0 Å². The lowest BCUT2D eigenvalue weighted by atomic mass is 9.92.